The van der Waals surface area contributed by atoms with Crippen molar-refractivity contribution in [3.05, 3.63) is 71.9 Å². The van der Waals surface area contributed by atoms with Gasteiger partial charge in [-0.1, -0.05) is 24.3 Å². The predicted molar refractivity (Wildman–Crippen MR) is 191 cm³/mol. The number of hydrogen-bond donors (Lipinski definition) is 5. The highest BCUT2D eigenvalue weighted by Gasteiger charge is 2.36. The molecule has 1 aliphatic rings. The standard InChI is InChI=1S/C35H43N9O4.CH2O2/c1-21-28(17-18-30(36)39-21)24-9-5-22(6-10-24)19-29(31(37)45)44(27-15-13-25(14-16-27)32-40-42-43-41-32)33(46)26-11-7-23(8-12-26)20-38-34(47)48-35(2,3)4;2-1-3/h5-6,9-10,13-18,23,26,29H,7-8,11-12,19-20H2,1-4H3,(H2,36,39)(H2,37,45)(H,38,47)(H,40,41,42,43);1H,(H,2,3)/t23?,26?,29-;/m0./s1. The number of pyridine rings is 1. The van der Waals surface area contributed by atoms with Gasteiger partial charge in [0.1, 0.15) is 17.5 Å². The van der Waals surface area contributed by atoms with Crippen LogP contribution in [0.3, 0.4) is 0 Å². The van der Waals surface area contributed by atoms with E-state index in [4.69, 9.17) is 26.1 Å². The molecule has 7 N–H and O–H groups in total. The molecule has 1 fully saturated rings. The maximum Gasteiger partial charge on any atom is 0.407 e. The number of alkyl carbamates (subject to hydrolysis) is 1. The van der Waals surface area contributed by atoms with Gasteiger partial charge in [-0.05, 0) is 112 Å². The normalized spacial score (nSPS) is 16.2. The number of primary amides is 1. The van der Waals surface area contributed by atoms with Crippen LogP contribution in [0.4, 0.5) is 16.3 Å². The number of nitrogens with one attached hydrogen (secondary N) is 2. The number of aryl methyl sites for hydroxylation is 1. The summed E-state index contributed by atoms with van der Waals surface area (Å²) in [6.45, 7) is 7.59. The third-order valence-electron chi connectivity index (χ3n) is 8.56. The summed E-state index contributed by atoms with van der Waals surface area (Å²) in [7, 11) is 0. The van der Waals surface area contributed by atoms with Crippen molar-refractivity contribution in [2.45, 2.75) is 71.4 Å². The number of anilines is 2. The van der Waals surface area contributed by atoms with Gasteiger partial charge >= 0.3 is 6.09 Å². The smallest absolute Gasteiger partial charge is 0.407 e. The molecule has 15 nitrogen and oxygen atoms in total. The minimum atomic E-state index is -0.939. The minimum absolute atomic E-state index is 0.162. The second kappa shape index (κ2) is 17.2. The average molecular weight is 700 g/mol. The van der Waals surface area contributed by atoms with E-state index >= 15 is 0 Å². The van der Waals surface area contributed by atoms with E-state index in [9.17, 15) is 14.4 Å². The first kappa shape index (κ1) is 38.0. The number of benzene rings is 2. The molecule has 0 saturated heterocycles. The van der Waals surface area contributed by atoms with E-state index in [1.54, 1.807) is 35.2 Å². The topological polar surface area (TPSA) is 232 Å². The van der Waals surface area contributed by atoms with Gasteiger partial charge < -0.3 is 26.6 Å². The number of amides is 3. The van der Waals surface area contributed by atoms with Gasteiger partial charge in [0.2, 0.25) is 17.6 Å². The zero-order valence-electron chi connectivity index (χ0n) is 29.2. The summed E-state index contributed by atoms with van der Waals surface area (Å²) in [6, 6.07) is 17.7. The molecule has 51 heavy (non-hydrogen) atoms. The van der Waals surface area contributed by atoms with E-state index in [0.29, 0.717) is 42.3 Å². The number of aromatic amines is 1. The Labute approximate surface area is 296 Å². The minimum Gasteiger partial charge on any atom is -0.483 e. The second-order valence-corrected chi connectivity index (χ2v) is 13.4. The molecule has 0 bridgehead atoms. The molecule has 1 saturated carbocycles. The van der Waals surface area contributed by atoms with Crippen LogP contribution in [0.1, 0.15) is 57.7 Å². The number of hydrogen-bond acceptors (Lipinski definition) is 10. The lowest BCUT2D eigenvalue weighted by atomic mass is 9.81. The molecule has 0 unspecified atom stereocenters. The highest BCUT2D eigenvalue weighted by molar-refractivity contribution is 6.01. The first-order valence-electron chi connectivity index (χ1n) is 16.6. The third-order valence-corrected chi connectivity index (χ3v) is 8.56. The molecule has 2 aromatic carbocycles. The quantitative estimate of drug-likeness (QED) is 0.147. The number of nitrogens with zero attached hydrogens (tertiary/aromatic N) is 5. The van der Waals surface area contributed by atoms with Crippen LogP contribution in [-0.2, 0) is 25.5 Å². The Balaban J connectivity index is 0.00000188. The molecule has 5 rings (SSSR count). The number of nitrogen functional groups attached to an aromatic ring is 1. The summed E-state index contributed by atoms with van der Waals surface area (Å²) in [5.74, 6) is 0.00173. The second-order valence-electron chi connectivity index (χ2n) is 13.4. The van der Waals surface area contributed by atoms with E-state index < -0.39 is 23.6 Å². The first-order chi connectivity index (χ1) is 24.3. The number of nitrogens with two attached hydrogens (primary N) is 2. The Hall–Kier alpha value is -5.86. The van der Waals surface area contributed by atoms with Crippen LogP contribution in [0.15, 0.2) is 60.7 Å². The van der Waals surface area contributed by atoms with Crippen molar-refractivity contribution in [3.8, 4) is 22.5 Å². The number of aromatic nitrogens is 5. The van der Waals surface area contributed by atoms with Crippen molar-refractivity contribution in [3.63, 3.8) is 0 Å². The molecular weight excluding hydrogens is 654 g/mol. The SMILES string of the molecule is Cc1nc(N)ccc1-c1ccc(C[C@@H](C(N)=O)N(C(=O)C2CCC(CNC(=O)OC(C)(C)C)CC2)c2ccc(-c3nn[nH]n3)cc2)cc1.O=CO. The van der Waals surface area contributed by atoms with Crippen molar-refractivity contribution >= 4 is 35.9 Å². The van der Waals surface area contributed by atoms with Gasteiger partial charge in [-0.3, -0.25) is 19.3 Å². The lowest BCUT2D eigenvalue weighted by molar-refractivity contribution is -0.127. The summed E-state index contributed by atoms with van der Waals surface area (Å²) in [4.78, 5) is 53.9. The fraction of sp³-hybridized carbons (Fsp3) is 0.389. The van der Waals surface area contributed by atoms with Gasteiger partial charge in [-0.25, -0.2) is 9.78 Å². The molecule has 1 aliphatic carbocycles. The predicted octanol–water partition coefficient (Wildman–Crippen LogP) is 4.28. The molecule has 2 heterocycles. The summed E-state index contributed by atoms with van der Waals surface area (Å²) >= 11 is 0. The Morgan fingerprint density at radius 2 is 1.65 bits per heavy atom. The number of rotatable bonds is 10. The Morgan fingerprint density at radius 1 is 1.02 bits per heavy atom. The molecule has 270 valence electrons. The number of carbonyl (C=O) groups excluding carboxylic acids is 3. The van der Waals surface area contributed by atoms with Crippen LogP contribution in [0.2, 0.25) is 0 Å². The van der Waals surface area contributed by atoms with Gasteiger partial charge in [0.25, 0.3) is 6.47 Å². The number of carboxylic acid groups (broad SMARTS) is 1. The fourth-order valence-electron chi connectivity index (χ4n) is 6.12. The van der Waals surface area contributed by atoms with Crippen molar-refractivity contribution in [2.75, 3.05) is 17.2 Å². The lowest BCUT2D eigenvalue weighted by Gasteiger charge is -2.36. The highest BCUT2D eigenvalue weighted by atomic mass is 16.6. The van der Waals surface area contributed by atoms with Crippen LogP contribution in [-0.4, -0.2) is 73.3 Å². The molecule has 4 aromatic rings. The lowest BCUT2D eigenvalue weighted by Crippen LogP contribution is -2.52. The number of H-pyrrole nitrogens is 1. The van der Waals surface area contributed by atoms with Crippen molar-refractivity contribution < 1.29 is 29.0 Å². The van der Waals surface area contributed by atoms with Crippen molar-refractivity contribution in [1.29, 1.82) is 0 Å². The van der Waals surface area contributed by atoms with Gasteiger partial charge in [0.15, 0.2) is 0 Å². The summed E-state index contributed by atoms with van der Waals surface area (Å²) in [5, 5.41) is 23.9. The monoisotopic (exact) mass is 699 g/mol. The van der Waals surface area contributed by atoms with E-state index in [1.165, 1.54) is 0 Å². The fourth-order valence-corrected chi connectivity index (χ4v) is 6.12. The van der Waals surface area contributed by atoms with Crippen molar-refractivity contribution in [1.82, 2.24) is 30.9 Å². The zero-order valence-corrected chi connectivity index (χ0v) is 29.2. The summed E-state index contributed by atoms with van der Waals surface area (Å²) < 4.78 is 5.36. The number of carbonyl (C=O) groups is 4. The maximum atomic E-state index is 14.4. The highest BCUT2D eigenvalue weighted by Crippen LogP contribution is 2.33. The molecule has 15 heteroatoms. The molecule has 0 radical (unpaired) electrons. The zero-order chi connectivity index (χ0) is 37.1. The average Bonchev–Trinajstić information content (AvgIpc) is 3.63. The van der Waals surface area contributed by atoms with Gasteiger partial charge in [-0.15, -0.1) is 10.2 Å². The molecule has 3 amide bonds. The number of ether oxygens (including phenoxy) is 1. The molecule has 0 aliphatic heterocycles. The largest absolute Gasteiger partial charge is 0.483 e. The molecule has 0 spiro atoms. The van der Waals surface area contributed by atoms with Crippen LogP contribution < -0.4 is 21.7 Å². The maximum absolute atomic E-state index is 14.4. The van der Waals surface area contributed by atoms with E-state index in [0.717, 1.165) is 35.2 Å². The Kier molecular flexibility index (Phi) is 12.8. The Morgan fingerprint density at radius 3 is 2.20 bits per heavy atom. The molecule has 1 atom stereocenters. The van der Waals surface area contributed by atoms with Crippen molar-refractivity contribution in [2.24, 2.45) is 17.6 Å². The Bertz CT molecular complexity index is 1770. The third kappa shape index (κ3) is 10.6. The van der Waals surface area contributed by atoms with Crippen LogP contribution >= 0.6 is 0 Å². The van der Waals surface area contributed by atoms with Gasteiger partial charge in [0.05, 0.1) is 0 Å². The van der Waals surface area contributed by atoms with E-state index in [2.05, 4.69) is 30.9 Å². The van der Waals surface area contributed by atoms with E-state index in [1.807, 2.05) is 58.0 Å². The van der Waals surface area contributed by atoms with E-state index in [-0.39, 0.29) is 30.6 Å². The molecular formula is C36H45N9O6. The van der Waals surface area contributed by atoms with Crippen LogP contribution in [0.5, 0.6) is 0 Å². The summed E-state index contributed by atoms with van der Waals surface area (Å²) in [6.07, 6.45) is 2.51. The van der Waals surface area contributed by atoms with Crippen LogP contribution in [0.25, 0.3) is 22.5 Å². The van der Waals surface area contributed by atoms with Gasteiger partial charge in [0, 0.05) is 41.4 Å². The van der Waals surface area contributed by atoms with Crippen LogP contribution in [0, 0.1) is 18.8 Å². The first-order valence-corrected chi connectivity index (χ1v) is 16.6. The summed E-state index contributed by atoms with van der Waals surface area (Å²) in [5.41, 5.74) is 16.1. The van der Waals surface area contributed by atoms with Gasteiger partial charge in [-0.2, -0.15) is 5.21 Å². The number of tetrazole rings is 1. The molecule has 2 aromatic heterocycles.